The summed E-state index contributed by atoms with van der Waals surface area (Å²) in [6.45, 7) is 7.34. The summed E-state index contributed by atoms with van der Waals surface area (Å²) in [5, 5.41) is 0. The molecule has 0 bridgehead atoms. The van der Waals surface area contributed by atoms with Crippen LogP contribution in [-0.2, 0) is 6.42 Å². The van der Waals surface area contributed by atoms with Gasteiger partial charge in [0.05, 0.1) is 7.11 Å². The second-order valence-electron chi connectivity index (χ2n) is 4.85. The van der Waals surface area contributed by atoms with Gasteiger partial charge in [0, 0.05) is 6.04 Å². The first-order valence-electron chi connectivity index (χ1n) is 7.15. The summed E-state index contributed by atoms with van der Waals surface area (Å²) in [5.41, 5.74) is 3.74. The average molecular weight is 283 g/mol. The molecule has 1 aromatic carbocycles. The summed E-state index contributed by atoms with van der Waals surface area (Å²) < 4.78 is 18.6. The van der Waals surface area contributed by atoms with Crippen LogP contribution in [0.1, 0.15) is 25.8 Å². The lowest BCUT2D eigenvalue weighted by Crippen LogP contribution is -2.39. The maximum absolute atomic E-state index is 13.6. The number of ether oxygens (including phenoxy) is 1. The summed E-state index contributed by atoms with van der Waals surface area (Å²) >= 11 is 0. The van der Waals surface area contributed by atoms with Crippen molar-refractivity contribution in [3.05, 3.63) is 29.6 Å². The van der Waals surface area contributed by atoms with Crippen LogP contribution in [0, 0.1) is 5.82 Å². The van der Waals surface area contributed by atoms with Gasteiger partial charge in [0.15, 0.2) is 11.6 Å². The van der Waals surface area contributed by atoms with Crippen LogP contribution in [0.25, 0.3) is 0 Å². The van der Waals surface area contributed by atoms with Crippen molar-refractivity contribution in [2.24, 2.45) is 5.84 Å². The molecule has 0 amide bonds. The Kier molecular flexibility index (Phi) is 7.51. The second-order valence-corrected chi connectivity index (χ2v) is 4.85. The number of halogens is 1. The minimum absolute atomic E-state index is 0.142. The van der Waals surface area contributed by atoms with E-state index in [0.717, 1.165) is 31.6 Å². The Morgan fingerprint density at radius 1 is 1.35 bits per heavy atom. The fraction of sp³-hybridized carbons (Fsp3) is 0.600. The molecular weight excluding hydrogens is 257 g/mol. The maximum Gasteiger partial charge on any atom is 0.165 e. The fourth-order valence-electron chi connectivity index (χ4n) is 2.24. The molecular formula is C15H26FN3O. The SMILES string of the molecule is CCN(CC)CCC(Cc1ccc(OC)c(F)c1)NN. The molecule has 1 aromatic rings. The number of methoxy groups -OCH3 is 1. The molecule has 0 saturated carbocycles. The van der Waals surface area contributed by atoms with Gasteiger partial charge in [-0.05, 0) is 50.2 Å². The van der Waals surface area contributed by atoms with Crippen LogP contribution in [0.4, 0.5) is 4.39 Å². The molecule has 5 heteroatoms. The number of nitrogens with one attached hydrogen (secondary N) is 1. The highest BCUT2D eigenvalue weighted by Crippen LogP contribution is 2.18. The van der Waals surface area contributed by atoms with Crippen molar-refractivity contribution in [3.8, 4) is 5.75 Å². The fourth-order valence-corrected chi connectivity index (χ4v) is 2.24. The average Bonchev–Trinajstić information content (AvgIpc) is 2.47. The first-order valence-corrected chi connectivity index (χ1v) is 7.15. The lowest BCUT2D eigenvalue weighted by molar-refractivity contribution is 0.280. The topological polar surface area (TPSA) is 50.5 Å². The Balaban J connectivity index is 2.57. The van der Waals surface area contributed by atoms with Gasteiger partial charge in [-0.1, -0.05) is 19.9 Å². The highest BCUT2D eigenvalue weighted by Gasteiger charge is 2.11. The standard InChI is InChI=1S/C15H26FN3O/c1-4-19(5-2)9-8-13(18-17)10-12-6-7-15(20-3)14(16)11-12/h6-7,11,13,18H,4-5,8-10,17H2,1-3H3. The number of hydrogen-bond donors (Lipinski definition) is 2. The van der Waals surface area contributed by atoms with Gasteiger partial charge < -0.3 is 9.64 Å². The monoisotopic (exact) mass is 283 g/mol. The first-order chi connectivity index (χ1) is 9.64. The van der Waals surface area contributed by atoms with Crippen LogP contribution in [0.3, 0.4) is 0 Å². The third kappa shape index (κ3) is 5.07. The van der Waals surface area contributed by atoms with Gasteiger partial charge in [0.2, 0.25) is 0 Å². The van der Waals surface area contributed by atoms with Gasteiger partial charge in [0.1, 0.15) is 0 Å². The lowest BCUT2D eigenvalue weighted by atomic mass is 10.0. The quantitative estimate of drug-likeness (QED) is 0.537. The Morgan fingerprint density at radius 3 is 2.55 bits per heavy atom. The van der Waals surface area contributed by atoms with Crippen molar-refractivity contribution < 1.29 is 9.13 Å². The highest BCUT2D eigenvalue weighted by molar-refractivity contribution is 5.29. The smallest absolute Gasteiger partial charge is 0.165 e. The Labute approximate surface area is 121 Å². The molecule has 0 heterocycles. The summed E-state index contributed by atoms with van der Waals surface area (Å²) in [4.78, 5) is 2.35. The molecule has 0 spiro atoms. The number of hydrazine groups is 1. The van der Waals surface area contributed by atoms with Crippen molar-refractivity contribution >= 4 is 0 Å². The van der Waals surface area contributed by atoms with E-state index < -0.39 is 0 Å². The van der Waals surface area contributed by atoms with E-state index in [2.05, 4.69) is 24.2 Å². The Morgan fingerprint density at radius 2 is 2.05 bits per heavy atom. The Bertz CT molecular complexity index is 397. The number of benzene rings is 1. The van der Waals surface area contributed by atoms with Crippen molar-refractivity contribution in [1.82, 2.24) is 10.3 Å². The number of nitrogens with zero attached hydrogens (tertiary/aromatic N) is 1. The van der Waals surface area contributed by atoms with E-state index >= 15 is 0 Å². The van der Waals surface area contributed by atoms with Gasteiger partial charge in [-0.25, -0.2) is 4.39 Å². The summed E-state index contributed by atoms with van der Waals surface area (Å²) in [5.74, 6) is 5.54. The third-order valence-corrected chi connectivity index (χ3v) is 3.62. The summed E-state index contributed by atoms with van der Waals surface area (Å²) in [7, 11) is 1.46. The summed E-state index contributed by atoms with van der Waals surface area (Å²) in [6.07, 6.45) is 1.64. The number of hydrogen-bond acceptors (Lipinski definition) is 4. The molecule has 4 nitrogen and oxygen atoms in total. The first kappa shape index (κ1) is 16.9. The maximum atomic E-state index is 13.6. The van der Waals surface area contributed by atoms with E-state index in [4.69, 9.17) is 10.6 Å². The normalized spacial score (nSPS) is 12.7. The van der Waals surface area contributed by atoms with Crippen molar-refractivity contribution in [2.45, 2.75) is 32.7 Å². The second kappa shape index (κ2) is 8.89. The Hall–Kier alpha value is -1.17. The predicted molar refractivity (Wildman–Crippen MR) is 80.2 cm³/mol. The molecule has 3 N–H and O–H groups in total. The van der Waals surface area contributed by atoms with Crippen LogP contribution < -0.4 is 16.0 Å². The molecule has 0 radical (unpaired) electrons. The zero-order chi connectivity index (χ0) is 15.0. The molecule has 0 aliphatic carbocycles. The molecule has 1 rings (SSSR count). The number of rotatable bonds is 9. The molecule has 1 unspecified atom stereocenters. The molecule has 0 saturated heterocycles. The minimum atomic E-state index is -0.329. The minimum Gasteiger partial charge on any atom is -0.494 e. The largest absolute Gasteiger partial charge is 0.494 e. The van der Waals surface area contributed by atoms with Crippen molar-refractivity contribution in [1.29, 1.82) is 0 Å². The van der Waals surface area contributed by atoms with E-state index in [1.54, 1.807) is 6.07 Å². The molecule has 0 aliphatic rings. The summed E-state index contributed by atoms with van der Waals surface area (Å²) in [6, 6.07) is 5.19. The highest BCUT2D eigenvalue weighted by atomic mass is 19.1. The van der Waals surface area contributed by atoms with E-state index in [9.17, 15) is 4.39 Å². The van der Waals surface area contributed by atoms with Crippen LogP contribution in [0.5, 0.6) is 5.75 Å². The van der Waals surface area contributed by atoms with Crippen molar-refractivity contribution in [2.75, 3.05) is 26.7 Å². The van der Waals surface area contributed by atoms with E-state index in [-0.39, 0.29) is 17.6 Å². The molecule has 0 aromatic heterocycles. The zero-order valence-electron chi connectivity index (χ0n) is 12.7. The van der Waals surface area contributed by atoms with Gasteiger partial charge in [-0.2, -0.15) is 0 Å². The molecule has 0 aliphatic heterocycles. The molecule has 0 fully saturated rings. The molecule has 20 heavy (non-hydrogen) atoms. The van der Waals surface area contributed by atoms with Crippen LogP contribution in [-0.4, -0.2) is 37.7 Å². The predicted octanol–water partition coefficient (Wildman–Crippen LogP) is 1.94. The van der Waals surface area contributed by atoms with E-state index in [1.165, 1.54) is 13.2 Å². The molecule has 114 valence electrons. The van der Waals surface area contributed by atoms with Crippen LogP contribution in [0.2, 0.25) is 0 Å². The molecule has 1 atom stereocenters. The van der Waals surface area contributed by atoms with Gasteiger partial charge in [-0.15, -0.1) is 0 Å². The van der Waals surface area contributed by atoms with E-state index in [0.29, 0.717) is 6.42 Å². The van der Waals surface area contributed by atoms with Crippen LogP contribution in [0.15, 0.2) is 18.2 Å². The van der Waals surface area contributed by atoms with E-state index in [1.807, 2.05) is 6.07 Å². The zero-order valence-corrected chi connectivity index (χ0v) is 12.7. The van der Waals surface area contributed by atoms with Crippen molar-refractivity contribution in [3.63, 3.8) is 0 Å². The van der Waals surface area contributed by atoms with Gasteiger partial charge >= 0.3 is 0 Å². The lowest BCUT2D eigenvalue weighted by Gasteiger charge is -2.22. The third-order valence-electron chi connectivity index (χ3n) is 3.62. The van der Waals surface area contributed by atoms with Crippen LogP contribution >= 0.6 is 0 Å². The number of nitrogens with two attached hydrogens (primary N) is 1. The van der Waals surface area contributed by atoms with Gasteiger partial charge in [0.25, 0.3) is 0 Å². The van der Waals surface area contributed by atoms with Gasteiger partial charge in [-0.3, -0.25) is 11.3 Å².